The molecule has 0 amide bonds. The minimum Gasteiger partial charge on any atom is -0.317 e. The molecule has 68 valence electrons. The Labute approximate surface area is 76.4 Å². The van der Waals surface area contributed by atoms with Crippen LogP contribution >= 0.6 is 0 Å². The van der Waals surface area contributed by atoms with E-state index in [0.717, 1.165) is 0 Å². The van der Waals surface area contributed by atoms with Gasteiger partial charge in [-0.3, -0.25) is 0 Å². The molecule has 1 N–H and O–H groups in total. The molecule has 0 aliphatic carbocycles. The van der Waals surface area contributed by atoms with E-state index >= 15 is 0 Å². The van der Waals surface area contributed by atoms with Crippen LogP contribution in [-0.4, -0.2) is 19.1 Å². The van der Waals surface area contributed by atoms with Crippen molar-refractivity contribution in [2.24, 2.45) is 0 Å². The van der Waals surface area contributed by atoms with Crippen molar-refractivity contribution in [2.45, 2.75) is 0 Å². The zero-order chi connectivity index (χ0) is 9.84. The van der Waals surface area contributed by atoms with Gasteiger partial charge in [-0.05, 0) is 18.2 Å². The number of nitrogens with zero attached hydrogens (tertiary/aromatic N) is 2. The summed E-state index contributed by atoms with van der Waals surface area (Å²) >= 11 is 0. The number of benzene rings is 1. The average Bonchev–Trinajstić information content (AvgIpc) is 2.08. The quantitative estimate of drug-likeness (QED) is 0.700. The SMILES string of the molecule is CN(C)Nc1ccc(C#N)cc1F. The van der Waals surface area contributed by atoms with Gasteiger partial charge in [-0.1, -0.05) is 0 Å². The van der Waals surface area contributed by atoms with Crippen LogP contribution in [0.4, 0.5) is 10.1 Å². The largest absolute Gasteiger partial charge is 0.317 e. The molecule has 3 nitrogen and oxygen atoms in total. The maximum absolute atomic E-state index is 13.2. The molecule has 4 heteroatoms. The Hall–Kier alpha value is -1.60. The van der Waals surface area contributed by atoms with Crippen molar-refractivity contribution >= 4 is 5.69 Å². The first-order valence-corrected chi connectivity index (χ1v) is 3.77. The Kier molecular flexibility index (Phi) is 2.83. The zero-order valence-electron chi connectivity index (χ0n) is 7.50. The van der Waals surface area contributed by atoms with Crippen LogP contribution in [0.15, 0.2) is 18.2 Å². The Morgan fingerprint density at radius 2 is 2.15 bits per heavy atom. The highest BCUT2D eigenvalue weighted by Gasteiger charge is 2.02. The van der Waals surface area contributed by atoms with Crippen LogP contribution in [0.5, 0.6) is 0 Å². The molecule has 0 fully saturated rings. The van der Waals surface area contributed by atoms with Crippen LogP contribution in [0.2, 0.25) is 0 Å². The van der Waals surface area contributed by atoms with Crippen LogP contribution in [0, 0.1) is 17.1 Å². The summed E-state index contributed by atoms with van der Waals surface area (Å²) in [5, 5.41) is 10.1. The molecule has 0 aliphatic rings. The van der Waals surface area contributed by atoms with E-state index in [2.05, 4.69) is 5.43 Å². The number of nitriles is 1. The smallest absolute Gasteiger partial charge is 0.148 e. The fourth-order valence-electron chi connectivity index (χ4n) is 0.916. The average molecular weight is 179 g/mol. The van der Waals surface area contributed by atoms with Gasteiger partial charge < -0.3 is 5.43 Å². The van der Waals surface area contributed by atoms with Crippen molar-refractivity contribution in [3.8, 4) is 6.07 Å². The van der Waals surface area contributed by atoms with E-state index in [1.54, 1.807) is 25.2 Å². The zero-order valence-corrected chi connectivity index (χ0v) is 7.50. The number of nitrogens with one attached hydrogen (secondary N) is 1. The maximum Gasteiger partial charge on any atom is 0.148 e. The lowest BCUT2D eigenvalue weighted by atomic mass is 10.2. The van der Waals surface area contributed by atoms with Gasteiger partial charge in [0.25, 0.3) is 0 Å². The monoisotopic (exact) mass is 179 g/mol. The molecule has 0 saturated carbocycles. The first kappa shape index (κ1) is 9.49. The molecule has 0 saturated heterocycles. The maximum atomic E-state index is 13.2. The van der Waals surface area contributed by atoms with Crippen LogP contribution in [0.1, 0.15) is 5.56 Å². The van der Waals surface area contributed by atoms with Crippen LogP contribution in [0.3, 0.4) is 0 Å². The van der Waals surface area contributed by atoms with Crippen molar-refractivity contribution in [1.82, 2.24) is 5.01 Å². The van der Waals surface area contributed by atoms with Gasteiger partial charge in [0.05, 0.1) is 17.3 Å². The molecular weight excluding hydrogens is 169 g/mol. The van der Waals surface area contributed by atoms with Crippen molar-refractivity contribution in [2.75, 3.05) is 19.5 Å². The summed E-state index contributed by atoms with van der Waals surface area (Å²) in [7, 11) is 3.52. The summed E-state index contributed by atoms with van der Waals surface area (Å²) < 4.78 is 13.2. The molecule has 0 aromatic heterocycles. The van der Waals surface area contributed by atoms with Gasteiger partial charge >= 0.3 is 0 Å². The molecule has 0 aliphatic heterocycles. The van der Waals surface area contributed by atoms with Crippen LogP contribution in [0.25, 0.3) is 0 Å². The predicted octanol–water partition coefficient (Wildman–Crippen LogP) is 1.59. The molecule has 0 atom stereocenters. The number of halogens is 1. The van der Waals surface area contributed by atoms with Gasteiger partial charge in [0, 0.05) is 14.1 Å². The third-order valence-electron chi connectivity index (χ3n) is 1.44. The van der Waals surface area contributed by atoms with Gasteiger partial charge in [-0.2, -0.15) is 5.26 Å². The molecule has 0 bridgehead atoms. The van der Waals surface area contributed by atoms with Gasteiger partial charge in [0.2, 0.25) is 0 Å². The Balaban J connectivity index is 2.93. The van der Waals surface area contributed by atoms with Crippen molar-refractivity contribution in [3.05, 3.63) is 29.6 Å². The van der Waals surface area contributed by atoms with Crippen molar-refractivity contribution < 1.29 is 4.39 Å². The molecular formula is C9H10FN3. The van der Waals surface area contributed by atoms with Gasteiger partial charge in [0.1, 0.15) is 5.82 Å². The lowest BCUT2D eigenvalue weighted by Gasteiger charge is -2.13. The molecule has 1 aromatic rings. The van der Waals surface area contributed by atoms with E-state index in [0.29, 0.717) is 11.3 Å². The van der Waals surface area contributed by atoms with E-state index in [1.807, 2.05) is 6.07 Å². The summed E-state index contributed by atoms with van der Waals surface area (Å²) in [5.41, 5.74) is 3.46. The highest BCUT2D eigenvalue weighted by atomic mass is 19.1. The molecule has 13 heavy (non-hydrogen) atoms. The summed E-state index contributed by atoms with van der Waals surface area (Å²) in [6.07, 6.45) is 0. The number of rotatable bonds is 2. The number of hydrazine groups is 1. The Morgan fingerprint density at radius 3 is 2.62 bits per heavy atom. The third-order valence-corrected chi connectivity index (χ3v) is 1.44. The normalized spacial score (nSPS) is 9.77. The molecule has 0 unspecified atom stereocenters. The predicted molar refractivity (Wildman–Crippen MR) is 48.4 cm³/mol. The fourth-order valence-corrected chi connectivity index (χ4v) is 0.916. The molecule has 1 aromatic carbocycles. The van der Waals surface area contributed by atoms with Gasteiger partial charge in [-0.15, -0.1) is 0 Å². The van der Waals surface area contributed by atoms with E-state index < -0.39 is 5.82 Å². The van der Waals surface area contributed by atoms with Crippen LogP contribution < -0.4 is 5.43 Å². The number of anilines is 1. The van der Waals surface area contributed by atoms with Gasteiger partial charge in [-0.25, -0.2) is 9.40 Å². The third kappa shape index (κ3) is 2.42. The molecule has 1 rings (SSSR count). The second-order valence-electron chi connectivity index (χ2n) is 2.81. The van der Waals surface area contributed by atoms with Crippen LogP contribution in [-0.2, 0) is 0 Å². The summed E-state index contributed by atoms with van der Waals surface area (Å²) in [4.78, 5) is 0. The minimum atomic E-state index is -0.423. The van der Waals surface area contributed by atoms with E-state index in [1.165, 1.54) is 12.1 Å². The van der Waals surface area contributed by atoms with Crippen molar-refractivity contribution in [1.29, 1.82) is 5.26 Å². The number of hydrogen-bond donors (Lipinski definition) is 1. The lowest BCUT2D eigenvalue weighted by Crippen LogP contribution is -2.20. The summed E-state index contributed by atoms with van der Waals surface area (Å²) in [6, 6.07) is 6.17. The highest BCUT2D eigenvalue weighted by molar-refractivity contribution is 5.47. The Morgan fingerprint density at radius 1 is 1.46 bits per heavy atom. The topological polar surface area (TPSA) is 39.1 Å². The van der Waals surface area contributed by atoms with Gasteiger partial charge in [0.15, 0.2) is 0 Å². The first-order chi connectivity index (χ1) is 6.13. The second kappa shape index (κ2) is 3.87. The van der Waals surface area contributed by atoms with E-state index in [-0.39, 0.29) is 0 Å². The van der Waals surface area contributed by atoms with E-state index in [4.69, 9.17) is 5.26 Å². The highest BCUT2D eigenvalue weighted by Crippen LogP contribution is 2.15. The summed E-state index contributed by atoms with van der Waals surface area (Å²) in [5.74, 6) is -0.423. The second-order valence-corrected chi connectivity index (χ2v) is 2.81. The standard InChI is InChI=1S/C9H10FN3/c1-13(2)12-9-4-3-7(6-11)5-8(9)10/h3-5,12H,1-2H3. The Bertz CT molecular complexity index is 341. The lowest BCUT2D eigenvalue weighted by molar-refractivity contribution is 0.487. The van der Waals surface area contributed by atoms with E-state index in [9.17, 15) is 4.39 Å². The molecule has 0 heterocycles. The first-order valence-electron chi connectivity index (χ1n) is 3.77. The fraction of sp³-hybridized carbons (Fsp3) is 0.222. The minimum absolute atomic E-state index is 0.321. The molecule has 0 radical (unpaired) electrons. The molecule has 0 spiro atoms. The summed E-state index contributed by atoms with van der Waals surface area (Å²) in [6.45, 7) is 0. The number of hydrogen-bond acceptors (Lipinski definition) is 3. The van der Waals surface area contributed by atoms with Crippen molar-refractivity contribution in [3.63, 3.8) is 0 Å².